The minimum absolute atomic E-state index is 0.00898. The third-order valence-electron chi connectivity index (χ3n) is 2.84. The number of nitro benzene ring substituents is 1. The fourth-order valence-corrected chi connectivity index (χ4v) is 1.69. The van der Waals surface area contributed by atoms with Crippen LogP contribution in [0.25, 0.3) is 0 Å². The zero-order valence-electron chi connectivity index (χ0n) is 10.8. The molecule has 0 bridgehead atoms. The van der Waals surface area contributed by atoms with Crippen molar-refractivity contribution in [3.05, 3.63) is 33.3 Å². The van der Waals surface area contributed by atoms with Gasteiger partial charge in [0.25, 0.3) is 5.69 Å². The molecule has 0 saturated heterocycles. The SMILES string of the molecule is CC(C)N(C)CCNc1c(Cl)cccc1[N+](=O)[O-]. The fourth-order valence-electron chi connectivity index (χ4n) is 1.46. The number of likely N-dealkylation sites (N-methyl/N-ethyl adjacent to an activating group) is 1. The van der Waals surface area contributed by atoms with Crippen molar-refractivity contribution in [3.63, 3.8) is 0 Å². The maximum absolute atomic E-state index is 10.9. The van der Waals surface area contributed by atoms with E-state index in [1.165, 1.54) is 6.07 Å². The van der Waals surface area contributed by atoms with Crippen LogP contribution in [0.2, 0.25) is 5.02 Å². The lowest BCUT2D eigenvalue weighted by atomic mass is 10.2. The van der Waals surface area contributed by atoms with E-state index in [4.69, 9.17) is 11.6 Å². The van der Waals surface area contributed by atoms with Gasteiger partial charge < -0.3 is 10.2 Å². The molecule has 1 aromatic carbocycles. The number of para-hydroxylation sites is 1. The van der Waals surface area contributed by atoms with Crippen molar-refractivity contribution in [1.82, 2.24) is 4.90 Å². The molecule has 0 unspecified atom stereocenters. The van der Waals surface area contributed by atoms with Gasteiger partial charge in [-0.25, -0.2) is 0 Å². The van der Waals surface area contributed by atoms with Gasteiger partial charge >= 0.3 is 0 Å². The molecule has 1 N–H and O–H groups in total. The van der Waals surface area contributed by atoms with Crippen LogP contribution in [-0.2, 0) is 0 Å². The number of nitrogens with one attached hydrogen (secondary N) is 1. The van der Waals surface area contributed by atoms with E-state index >= 15 is 0 Å². The van der Waals surface area contributed by atoms with Crippen molar-refractivity contribution >= 4 is 23.0 Å². The third-order valence-corrected chi connectivity index (χ3v) is 3.15. The highest BCUT2D eigenvalue weighted by Gasteiger charge is 2.16. The Labute approximate surface area is 112 Å². The molecule has 18 heavy (non-hydrogen) atoms. The molecule has 0 aromatic heterocycles. The normalized spacial score (nSPS) is 11.0. The summed E-state index contributed by atoms with van der Waals surface area (Å²) in [6, 6.07) is 5.10. The highest BCUT2D eigenvalue weighted by molar-refractivity contribution is 6.33. The van der Waals surface area contributed by atoms with Crippen molar-refractivity contribution in [2.45, 2.75) is 19.9 Å². The standard InChI is InChI=1S/C12H18ClN3O2/c1-9(2)15(3)8-7-14-12-10(13)5-4-6-11(12)16(17)18/h4-6,9,14H,7-8H2,1-3H3. The maximum atomic E-state index is 10.9. The van der Waals surface area contributed by atoms with Crippen molar-refractivity contribution < 1.29 is 4.92 Å². The van der Waals surface area contributed by atoms with E-state index in [1.807, 2.05) is 7.05 Å². The predicted molar refractivity (Wildman–Crippen MR) is 74.4 cm³/mol. The Morgan fingerprint density at radius 3 is 2.72 bits per heavy atom. The van der Waals surface area contributed by atoms with Gasteiger partial charge in [-0.3, -0.25) is 10.1 Å². The third kappa shape index (κ3) is 3.85. The molecule has 0 heterocycles. The summed E-state index contributed by atoms with van der Waals surface area (Å²) in [6.07, 6.45) is 0. The van der Waals surface area contributed by atoms with Crippen LogP contribution in [0.1, 0.15) is 13.8 Å². The Kier molecular flexibility index (Phi) is 5.37. The Morgan fingerprint density at radius 1 is 1.50 bits per heavy atom. The first-order valence-electron chi connectivity index (χ1n) is 5.80. The van der Waals surface area contributed by atoms with Gasteiger partial charge in [0.2, 0.25) is 0 Å². The van der Waals surface area contributed by atoms with Crippen molar-refractivity contribution in [2.24, 2.45) is 0 Å². The number of nitrogens with zero attached hydrogens (tertiary/aromatic N) is 2. The zero-order valence-corrected chi connectivity index (χ0v) is 11.6. The van der Waals surface area contributed by atoms with Crippen LogP contribution in [-0.4, -0.2) is 36.0 Å². The van der Waals surface area contributed by atoms with Crippen molar-refractivity contribution in [2.75, 3.05) is 25.5 Å². The summed E-state index contributed by atoms with van der Waals surface area (Å²) in [5, 5.41) is 14.3. The van der Waals surface area contributed by atoms with Crippen LogP contribution in [0.5, 0.6) is 0 Å². The van der Waals surface area contributed by atoms with Crippen LogP contribution in [0.3, 0.4) is 0 Å². The second-order valence-corrected chi connectivity index (χ2v) is 4.80. The Balaban J connectivity index is 2.70. The molecule has 100 valence electrons. The summed E-state index contributed by atoms with van der Waals surface area (Å²) in [7, 11) is 2.01. The first-order chi connectivity index (χ1) is 8.43. The van der Waals surface area contributed by atoms with Crippen molar-refractivity contribution in [3.8, 4) is 0 Å². The molecule has 1 aromatic rings. The molecule has 0 atom stereocenters. The van der Waals surface area contributed by atoms with Crippen molar-refractivity contribution in [1.29, 1.82) is 0 Å². The second-order valence-electron chi connectivity index (χ2n) is 4.39. The zero-order chi connectivity index (χ0) is 13.7. The number of nitro groups is 1. The van der Waals surface area contributed by atoms with Crippen LogP contribution in [0.15, 0.2) is 18.2 Å². The van der Waals surface area contributed by atoms with E-state index in [0.717, 1.165) is 6.54 Å². The van der Waals surface area contributed by atoms with Gasteiger partial charge in [0.1, 0.15) is 5.69 Å². The first kappa shape index (κ1) is 14.7. The van der Waals surface area contributed by atoms with Crippen LogP contribution < -0.4 is 5.32 Å². The molecule has 0 spiro atoms. The number of rotatable bonds is 6. The Bertz CT molecular complexity index is 424. The molecule has 5 nitrogen and oxygen atoms in total. The molecule has 0 aliphatic heterocycles. The summed E-state index contributed by atoms with van der Waals surface area (Å²) in [5.74, 6) is 0. The van der Waals surface area contributed by atoms with Crippen LogP contribution >= 0.6 is 11.6 Å². The number of hydrogen-bond acceptors (Lipinski definition) is 4. The molecular weight excluding hydrogens is 254 g/mol. The molecule has 0 aliphatic carbocycles. The summed E-state index contributed by atoms with van der Waals surface area (Å²) in [5.41, 5.74) is 0.399. The molecule has 0 fully saturated rings. The van der Waals surface area contributed by atoms with E-state index < -0.39 is 4.92 Å². The topological polar surface area (TPSA) is 58.4 Å². The van der Waals surface area contributed by atoms with E-state index in [0.29, 0.717) is 23.3 Å². The van der Waals surface area contributed by atoms with E-state index in [1.54, 1.807) is 12.1 Å². The lowest BCUT2D eigenvalue weighted by molar-refractivity contribution is -0.383. The molecule has 0 radical (unpaired) electrons. The minimum atomic E-state index is -0.430. The summed E-state index contributed by atoms with van der Waals surface area (Å²) < 4.78 is 0. The maximum Gasteiger partial charge on any atom is 0.293 e. The molecule has 1 rings (SSSR count). The lowest BCUT2D eigenvalue weighted by Crippen LogP contribution is -2.31. The molecule has 0 saturated carbocycles. The van der Waals surface area contributed by atoms with Gasteiger partial charge in [0.05, 0.1) is 9.95 Å². The van der Waals surface area contributed by atoms with Crippen LogP contribution in [0.4, 0.5) is 11.4 Å². The summed E-state index contributed by atoms with van der Waals surface area (Å²) in [6.45, 7) is 5.59. The Morgan fingerprint density at radius 2 is 2.17 bits per heavy atom. The van der Waals surface area contributed by atoms with Gasteiger partial charge in [0.15, 0.2) is 0 Å². The van der Waals surface area contributed by atoms with Gasteiger partial charge in [-0.15, -0.1) is 0 Å². The largest absolute Gasteiger partial charge is 0.377 e. The molecule has 0 amide bonds. The smallest absolute Gasteiger partial charge is 0.293 e. The highest BCUT2D eigenvalue weighted by Crippen LogP contribution is 2.31. The number of anilines is 1. The summed E-state index contributed by atoms with van der Waals surface area (Å²) in [4.78, 5) is 12.6. The van der Waals surface area contributed by atoms with E-state index in [-0.39, 0.29) is 5.69 Å². The summed E-state index contributed by atoms with van der Waals surface area (Å²) >= 11 is 5.97. The van der Waals surface area contributed by atoms with Gasteiger partial charge in [-0.2, -0.15) is 0 Å². The first-order valence-corrected chi connectivity index (χ1v) is 6.18. The van der Waals surface area contributed by atoms with Crippen LogP contribution in [0, 0.1) is 10.1 Å². The number of benzene rings is 1. The fraction of sp³-hybridized carbons (Fsp3) is 0.500. The number of hydrogen-bond donors (Lipinski definition) is 1. The predicted octanol–water partition coefficient (Wildman–Crippen LogP) is 3.00. The molecule has 6 heteroatoms. The second kappa shape index (κ2) is 6.56. The average molecular weight is 272 g/mol. The molecular formula is C12H18ClN3O2. The highest BCUT2D eigenvalue weighted by atomic mass is 35.5. The quantitative estimate of drug-likeness (QED) is 0.638. The van der Waals surface area contributed by atoms with E-state index in [9.17, 15) is 10.1 Å². The van der Waals surface area contributed by atoms with Gasteiger partial charge in [-0.1, -0.05) is 17.7 Å². The van der Waals surface area contributed by atoms with Gasteiger partial charge in [0, 0.05) is 25.2 Å². The lowest BCUT2D eigenvalue weighted by Gasteiger charge is -2.21. The monoisotopic (exact) mass is 271 g/mol. The van der Waals surface area contributed by atoms with E-state index in [2.05, 4.69) is 24.1 Å². The Hall–Kier alpha value is -1.33. The average Bonchev–Trinajstić information content (AvgIpc) is 2.30. The van der Waals surface area contributed by atoms with Gasteiger partial charge in [-0.05, 0) is 27.0 Å². The molecule has 0 aliphatic rings. The minimum Gasteiger partial charge on any atom is -0.377 e. The number of halogens is 1.